The summed E-state index contributed by atoms with van der Waals surface area (Å²) in [5, 5.41) is 5.32. The van der Waals surface area contributed by atoms with Gasteiger partial charge in [0.15, 0.2) is 0 Å². The molecular weight excluding hydrogens is 342 g/mol. The number of aryl methyl sites for hydroxylation is 1. The summed E-state index contributed by atoms with van der Waals surface area (Å²) in [6, 6.07) is 13.5. The fraction of sp³-hybridized carbons (Fsp3) is 0.263. The summed E-state index contributed by atoms with van der Waals surface area (Å²) in [7, 11) is 0. The van der Waals surface area contributed by atoms with Gasteiger partial charge in [0.05, 0.1) is 18.2 Å². The molecule has 2 aromatic rings. The molecule has 0 saturated heterocycles. The van der Waals surface area contributed by atoms with Crippen LogP contribution in [0.4, 0.5) is 8.78 Å². The number of amides is 2. The predicted molar refractivity (Wildman–Crippen MR) is 91.1 cm³/mol. The van der Waals surface area contributed by atoms with Crippen molar-refractivity contribution in [2.45, 2.75) is 25.5 Å². The van der Waals surface area contributed by atoms with Crippen LogP contribution in [0, 0.1) is 0 Å². The molecule has 5 nitrogen and oxygen atoms in total. The number of fused-ring (bicyclic) bond motifs is 1. The number of rotatable bonds is 6. The van der Waals surface area contributed by atoms with Crippen LogP contribution in [0.15, 0.2) is 48.5 Å². The van der Waals surface area contributed by atoms with Gasteiger partial charge in [-0.15, -0.1) is 0 Å². The summed E-state index contributed by atoms with van der Waals surface area (Å²) >= 11 is 0. The van der Waals surface area contributed by atoms with Gasteiger partial charge < -0.3 is 15.4 Å². The van der Waals surface area contributed by atoms with Crippen molar-refractivity contribution in [3.05, 3.63) is 65.2 Å². The van der Waals surface area contributed by atoms with E-state index in [4.69, 9.17) is 0 Å². The summed E-state index contributed by atoms with van der Waals surface area (Å²) in [6.45, 7) is -3.28. The quantitative estimate of drug-likeness (QED) is 0.832. The van der Waals surface area contributed by atoms with Crippen molar-refractivity contribution in [2.75, 3.05) is 6.54 Å². The van der Waals surface area contributed by atoms with Gasteiger partial charge in [-0.05, 0) is 36.1 Å². The van der Waals surface area contributed by atoms with Crippen LogP contribution in [0.1, 0.15) is 33.9 Å². The summed E-state index contributed by atoms with van der Waals surface area (Å²) in [5.74, 6) is -1.22. The number of hydrogen-bond acceptors (Lipinski definition) is 3. The maximum Gasteiger partial charge on any atom is 0.387 e. The van der Waals surface area contributed by atoms with Gasteiger partial charge in [0, 0.05) is 0 Å². The van der Waals surface area contributed by atoms with Crippen LogP contribution >= 0.6 is 0 Å². The zero-order chi connectivity index (χ0) is 18.5. The predicted octanol–water partition coefficient (Wildman–Crippen LogP) is 2.82. The Hall–Kier alpha value is -2.96. The summed E-state index contributed by atoms with van der Waals surface area (Å²) < 4.78 is 29.1. The molecule has 3 rings (SSSR count). The van der Waals surface area contributed by atoms with E-state index >= 15 is 0 Å². The van der Waals surface area contributed by atoms with Crippen molar-refractivity contribution in [2.24, 2.45) is 0 Å². The maximum absolute atomic E-state index is 12.4. The van der Waals surface area contributed by atoms with Crippen molar-refractivity contribution in [1.29, 1.82) is 0 Å². The highest BCUT2D eigenvalue weighted by Crippen LogP contribution is 2.30. The van der Waals surface area contributed by atoms with Crippen molar-refractivity contribution in [3.63, 3.8) is 0 Å². The summed E-state index contributed by atoms with van der Waals surface area (Å²) in [5.41, 5.74) is 2.24. The first-order chi connectivity index (χ1) is 12.5. The number of benzene rings is 2. The average molecular weight is 360 g/mol. The molecule has 136 valence electrons. The van der Waals surface area contributed by atoms with E-state index in [2.05, 4.69) is 15.4 Å². The Balaban J connectivity index is 1.56. The van der Waals surface area contributed by atoms with Crippen LogP contribution in [-0.2, 0) is 11.2 Å². The molecule has 2 amide bonds. The van der Waals surface area contributed by atoms with Gasteiger partial charge in [-0.3, -0.25) is 9.59 Å². The van der Waals surface area contributed by atoms with Crippen LogP contribution in [0.2, 0.25) is 0 Å². The molecule has 26 heavy (non-hydrogen) atoms. The Kier molecular flexibility index (Phi) is 5.46. The lowest BCUT2D eigenvalue weighted by Crippen LogP contribution is -2.38. The molecule has 1 unspecified atom stereocenters. The molecule has 0 spiro atoms. The van der Waals surface area contributed by atoms with E-state index in [9.17, 15) is 18.4 Å². The molecular formula is C19H18F2N2O3. The fourth-order valence-corrected chi connectivity index (χ4v) is 3.06. The third-order valence-corrected chi connectivity index (χ3v) is 4.23. The maximum atomic E-state index is 12.4. The highest BCUT2D eigenvalue weighted by atomic mass is 19.3. The van der Waals surface area contributed by atoms with Gasteiger partial charge in [-0.1, -0.05) is 36.4 Å². The minimum atomic E-state index is -3.03. The lowest BCUT2D eigenvalue weighted by Gasteiger charge is -2.15. The van der Waals surface area contributed by atoms with Gasteiger partial charge in [-0.25, -0.2) is 0 Å². The largest absolute Gasteiger partial charge is 0.434 e. The van der Waals surface area contributed by atoms with Crippen LogP contribution in [0.25, 0.3) is 0 Å². The van der Waals surface area contributed by atoms with E-state index < -0.39 is 12.5 Å². The second kappa shape index (κ2) is 7.95. The molecule has 0 fully saturated rings. The second-order valence-corrected chi connectivity index (χ2v) is 5.91. The zero-order valence-corrected chi connectivity index (χ0v) is 13.9. The van der Waals surface area contributed by atoms with Crippen molar-refractivity contribution < 1.29 is 23.1 Å². The molecule has 1 aliphatic rings. The second-order valence-electron chi connectivity index (χ2n) is 5.91. The highest BCUT2D eigenvalue weighted by Gasteiger charge is 2.23. The minimum absolute atomic E-state index is 0.0492. The van der Waals surface area contributed by atoms with Gasteiger partial charge in [0.1, 0.15) is 5.75 Å². The third-order valence-electron chi connectivity index (χ3n) is 4.23. The first-order valence-corrected chi connectivity index (χ1v) is 8.24. The number of hydrogen-bond donors (Lipinski definition) is 2. The van der Waals surface area contributed by atoms with Crippen LogP contribution < -0.4 is 15.4 Å². The number of halogens is 2. The Morgan fingerprint density at radius 1 is 1.12 bits per heavy atom. The molecule has 0 heterocycles. The van der Waals surface area contributed by atoms with Crippen molar-refractivity contribution in [1.82, 2.24) is 10.6 Å². The molecule has 0 saturated carbocycles. The van der Waals surface area contributed by atoms with E-state index in [0.717, 1.165) is 18.4 Å². The van der Waals surface area contributed by atoms with Gasteiger partial charge in [0.25, 0.3) is 5.91 Å². The Labute approximate surface area is 149 Å². The molecule has 7 heteroatoms. The standard InChI is InChI=1S/C19H18F2N2O3/c20-19(21)26-16-8-4-3-7-14(16)18(25)22-11-17(24)23-15-10-9-12-5-1-2-6-13(12)15/h1-8,15,19H,9-11H2,(H,22,25)(H,23,24). The van der Waals surface area contributed by atoms with E-state index in [0.29, 0.717) is 0 Å². The van der Waals surface area contributed by atoms with E-state index in [1.165, 1.54) is 29.8 Å². The first kappa shape index (κ1) is 17.8. The van der Waals surface area contributed by atoms with Crippen LogP contribution in [0.5, 0.6) is 5.75 Å². The lowest BCUT2D eigenvalue weighted by atomic mass is 10.1. The van der Waals surface area contributed by atoms with Gasteiger partial charge in [-0.2, -0.15) is 8.78 Å². The topological polar surface area (TPSA) is 67.4 Å². The SMILES string of the molecule is O=C(CNC(=O)c1ccccc1OC(F)F)NC1CCc2ccccc21. The van der Waals surface area contributed by atoms with Crippen LogP contribution in [-0.4, -0.2) is 25.0 Å². The summed E-state index contributed by atoms with van der Waals surface area (Å²) in [6.07, 6.45) is 1.70. The van der Waals surface area contributed by atoms with Crippen molar-refractivity contribution >= 4 is 11.8 Å². The molecule has 0 aromatic heterocycles. The first-order valence-electron chi connectivity index (χ1n) is 8.24. The molecule has 0 bridgehead atoms. The number of ether oxygens (including phenoxy) is 1. The molecule has 2 aromatic carbocycles. The Bertz CT molecular complexity index is 811. The minimum Gasteiger partial charge on any atom is -0.434 e. The normalized spacial score (nSPS) is 15.4. The molecule has 1 aliphatic carbocycles. The Morgan fingerprint density at radius 3 is 2.65 bits per heavy atom. The molecule has 2 N–H and O–H groups in total. The number of nitrogens with one attached hydrogen (secondary N) is 2. The van der Waals surface area contributed by atoms with Gasteiger partial charge in [0.2, 0.25) is 5.91 Å². The Morgan fingerprint density at radius 2 is 1.85 bits per heavy atom. The molecule has 0 aliphatic heterocycles. The average Bonchev–Trinajstić information content (AvgIpc) is 3.03. The molecule has 0 radical (unpaired) electrons. The number of carbonyl (C=O) groups excluding carboxylic acids is 2. The van der Waals surface area contributed by atoms with E-state index in [1.807, 2.05) is 24.3 Å². The number of alkyl halides is 2. The van der Waals surface area contributed by atoms with E-state index in [-0.39, 0.29) is 29.8 Å². The van der Waals surface area contributed by atoms with Crippen LogP contribution in [0.3, 0.4) is 0 Å². The van der Waals surface area contributed by atoms with Crippen molar-refractivity contribution in [3.8, 4) is 5.75 Å². The lowest BCUT2D eigenvalue weighted by molar-refractivity contribution is -0.120. The highest BCUT2D eigenvalue weighted by molar-refractivity contribution is 5.98. The third kappa shape index (κ3) is 4.17. The fourth-order valence-electron chi connectivity index (χ4n) is 3.06. The number of para-hydroxylation sites is 1. The molecule has 1 atom stereocenters. The monoisotopic (exact) mass is 360 g/mol. The zero-order valence-electron chi connectivity index (χ0n) is 13.9. The van der Waals surface area contributed by atoms with E-state index in [1.54, 1.807) is 0 Å². The summed E-state index contributed by atoms with van der Waals surface area (Å²) in [4.78, 5) is 24.3. The number of carbonyl (C=O) groups is 2. The van der Waals surface area contributed by atoms with Gasteiger partial charge >= 0.3 is 6.61 Å². The smallest absolute Gasteiger partial charge is 0.387 e.